The summed E-state index contributed by atoms with van der Waals surface area (Å²) in [6.07, 6.45) is 3.38. The second-order valence-electron chi connectivity index (χ2n) is 5.00. The molecule has 0 aliphatic carbocycles. The van der Waals surface area contributed by atoms with Crippen LogP contribution in [0.4, 0.5) is 11.4 Å². The lowest BCUT2D eigenvalue weighted by atomic mass is 10.1. The molecule has 1 aromatic carbocycles. The van der Waals surface area contributed by atoms with Gasteiger partial charge in [-0.05, 0) is 11.6 Å². The van der Waals surface area contributed by atoms with E-state index in [1.54, 1.807) is 24.5 Å². The lowest BCUT2D eigenvalue weighted by Crippen LogP contribution is -2.32. The molecule has 1 aliphatic heterocycles. The number of hydrogen-bond donors (Lipinski definition) is 0. The fourth-order valence-electron chi connectivity index (χ4n) is 2.57. The number of methoxy groups -OCH3 is 1. The highest BCUT2D eigenvalue weighted by Gasteiger charge is 2.23. The zero-order valence-corrected chi connectivity index (χ0v) is 13.1. The third kappa shape index (κ3) is 3.00. The molecular formula is C15H14ClN3O4. The molecular weight excluding hydrogens is 322 g/mol. The van der Waals surface area contributed by atoms with Crippen molar-refractivity contribution in [1.82, 2.24) is 4.98 Å². The van der Waals surface area contributed by atoms with Crippen LogP contribution in [0.25, 0.3) is 0 Å². The van der Waals surface area contributed by atoms with Crippen molar-refractivity contribution in [2.75, 3.05) is 25.2 Å². The molecule has 2 heterocycles. The quantitative estimate of drug-likeness (QED) is 0.631. The molecule has 0 unspecified atom stereocenters. The Bertz CT molecular complexity index is 753. The number of pyridine rings is 1. The van der Waals surface area contributed by atoms with Crippen LogP contribution < -0.4 is 14.4 Å². The van der Waals surface area contributed by atoms with Crippen LogP contribution in [-0.4, -0.2) is 30.2 Å². The summed E-state index contributed by atoms with van der Waals surface area (Å²) in [6.45, 7) is 1.67. The van der Waals surface area contributed by atoms with E-state index in [1.165, 1.54) is 13.2 Å². The highest BCUT2D eigenvalue weighted by atomic mass is 35.5. The van der Waals surface area contributed by atoms with Crippen molar-refractivity contribution in [3.63, 3.8) is 0 Å². The van der Waals surface area contributed by atoms with Crippen molar-refractivity contribution in [1.29, 1.82) is 0 Å². The molecule has 3 rings (SSSR count). The smallest absolute Gasteiger partial charge is 0.312 e. The Labute approximate surface area is 137 Å². The van der Waals surface area contributed by atoms with Crippen LogP contribution in [0.15, 0.2) is 30.6 Å². The Balaban J connectivity index is 1.94. The highest BCUT2D eigenvalue weighted by Crippen LogP contribution is 2.37. The zero-order chi connectivity index (χ0) is 16.4. The minimum absolute atomic E-state index is 0.0736. The van der Waals surface area contributed by atoms with Gasteiger partial charge < -0.3 is 14.4 Å². The highest BCUT2D eigenvalue weighted by molar-refractivity contribution is 6.32. The number of nitro groups is 1. The fraction of sp³-hybridized carbons (Fsp3) is 0.267. The lowest BCUT2D eigenvalue weighted by molar-refractivity contribution is -0.385. The molecule has 0 radical (unpaired) electrons. The minimum atomic E-state index is -0.497. The number of ether oxygens (including phenoxy) is 2. The summed E-state index contributed by atoms with van der Waals surface area (Å²) in [6, 6.07) is 4.96. The molecule has 8 heteroatoms. The zero-order valence-electron chi connectivity index (χ0n) is 12.4. The topological polar surface area (TPSA) is 77.7 Å². The maximum Gasteiger partial charge on any atom is 0.312 e. The van der Waals surface area contributed by atoms with Crippen LogP contribution in [0.1, 0.15) is 5.56 Å². The van der Waals surface area contributed by atoms with E-state index in [0.29, 0.717) is 19.7 Å². The number of nitro benzene ring substituents is 1. The predicted molar refractivity (Wildman–Crippen MR) is 85.4 cm³/mol. The molecule has 120 valence electrons. The van der Waals surface area contributed by atoms with Gasteiger partial charge in [-0.1, -0.05) is 11.6 Å². The molecule has 0 saturated heterocycles. The van der Waals surface area contributed by atoms with E-state index < -0.39 is 4.92 Å². The van der Waals surface area contributed by atoms with E-state index in [0.717, 1.165) is 17.0 Å². The van der Waals surface area contributed by atoms with Gasteiger partial charge in [0.05, 0.1) is 35.5 Å². The Kier molecular flexibility index (Phi) is 4.20. The van der Waals surface area contributed by atoms with E-state index in [1.807, 2.05) is 4.90 Å². The van der Waals surface area contributed by atoms with Crippen LogP contribution in [-0.2, 0) is 6.54 Å². The maximum atomic E-state index is 11.2. The Hall–Kier alpha value is -2.54. The Morgan fingerprint density at radius 1 is 1.52 bits per heavy atom. The first kappa shape index (κ1) is 15.4. The third-order valence-corrected chi connectivity index (χ3v) is 3.86. The molecule has 1 aliphatic rings. The summed E-state index contributed by atoms with van der Waals surface area (Å²) in [7, 11) is 1.36. The summed E-state index contributed by atoms with van der Waals surface area (Å²) in [5.41, 5.74) is 1.43. The van der Waals surface area contributed by atoms with E-state index in [2.05, 4.69) is 4.98 Å². The number of halogens is 1. The minimum Gasteiger partial charge on any atom is -0.489 e. The van der Waals surface area contributed by atoms with E-state index >= 15 is 0 Å². The van der Waals surface area contributed by atoms with Gasteiger partial charge in [0.1, 0.15) is 12.4 Å². The first-order chi connectivity index (χ1) is 11.1. The average molecular weight is 336 g/mol. The van der Waals surface area contributed by atoms with Crippen LogP contribution >= 0.6 is 11.6 Å². The number of anilines is 1. The van der Waals surface area contributed by atoms with Gasteiger partial charge in [0.2, 0.25) is 5.75 Å². The second-order valence-corrected chi connectivity index (χ2v) is 5.41. The third-order valence-electron chi connectivity index (χ3n) is 3.58. The van der Waals surface area contributed by atoms with Gasteiger partial charge in [-0.25, -0.2) is 0 Å². The van der Waals surface area contributed by atoms with Crippen molar-refractivity contribution in [2.24, 2.45) is 0 Å². The van der Waals surface area contributed by atoms with Crippen molar-refractivity contribution in [3.8, 4) is 11.5 Å². The summed E-state index contributed by atoms with van der Waals surface area (Å²) in [4.78, 5) is 16.9. The van der Waals surface area contributed by atoms with E-state index in [4.69, 9.17) is 21.1 Å². The summed E-state index contributed by atoms with van der Waals surface area (Å²) >= 11 is 6.11. The molecule has 0 amide bonds. The molecule has 23 heavy (non-hydrogen) atoms. The van der Waals surface area contributed by atoms with Gasteiger partial charge >= 0.3 is 5.69 Å². The molecule has 7 nitrogen and oxygen atoms in total. The molecule has 0 atom stereocenters. The van der Waals surface area contributed by atoms with Gasteiger partial charge in [-0.2, -0.15) is 0 Å². The van der Waals surface area contributed by atoms with Crippen LogP contribution in [0, 0.1) is 10.1 Å². The molecule has 0 spiro atoms. The summed E-state index contributed by atoms with van der Waals surface area (Å²) < 4.78 is 10.6. The predicted octanol–water partition coefficient (Wildman–Crippen LogP) is 3.05. The number of aromatic nitrogens is 1. The summed E-state index contributed by atoms with van der Waals surface area (Å²) in [5.74, 6) is 0.824. The number of fused-ring (bicyclic) bond motifs is 1. The standard InChI is InChI=1S/C15H14ClN3O4/c1-22-15-11(16)6-10(7-12(15)19(20)21)9-18-4-5-23-14-2-3-17-8-13(14)18/h2-3,6-8H,4-5,9H2,1H3. The Morgan fingerprint density at radius 2 is 2.35 bits per heavy atom. The van der Waals surface area contributed by atoms with E-state index in [-0.39, 0.29) is 16.5 Å². The number of benzene rings is 1. The van der Waals surface area contributed by atoms with Crippen LogP contribution in [0.3, 0.4) is 0 Å². The molecule has 0 fully saturated rings. The first-order valence-corrected chi connectivity index (χ1v) is 7.30. The Morgan fingerprint density at radius 3 is 3.09 bits per heavy atom. The fourth-order valence-corrected chi connectivity index (χ4v) is 2.88. The van der Waals surface area contributed by atoms with Gasteiger partial charge in [0, 0.05) is 24.9 Å². The van der Waals surface area contributed by atoms with E-state index in [9.17, 15) is 10.1 Å². The van der Waals surface area contributed by atoms with Gasteiger partial charge in [-0.15, -0.1) is 0 Å². The number of nitrogens with zero attached hydrogens (tertiary/aromatic N) is 3. The second kappa shape index (κ2) is 6.29. The number of hydrogen-bond acceptors (Lipinski definition) is 6. The molecule has 1 aromatic heterocycles. The van der Waals surface area contributed by atoms with Crippen molar-refractivity contribution >= 4 is 23.0 Å². The lowest BCUT2D eigenvalue weighted by Gasteiger charge is -2.30. The summed E-state index contributed by atoms with van der Waals surface area (Å²) in [5, 5.41) is 11.4. The van der Waals surface area contributed by atoms with Crippen molar-refractivity contribution < 1.29 is 14.4 Å². The van der Waals surface area contributed by atoms with Gasteiger partial charge in [-0.3, -0.25) is 15.1 Å². The largest absolute Gasteiger partial charge is 0.489 e. The normalized spacial score (nSPS) is 13.2. The van der Waals surface area contributed by atoms with Gasteiger partial charge in [0.25, 0.3) is 0 Å². The molecule has 0 bridgehead atoms. The average Bonchev–Trinajstić information content (AvgIpc) is 2.54. The first-order valence-electron chi connectivity index (χ1n) is 6.92. The van der Waals surface area contributed by atoms with Crippen molar-refractivity contribution in [2.45, 2.75) is 6.54 Å². The maximum absolute atomic E-state index is 11.2. The molecule has 0 saturated carbocycles. The SMILES string of the molecule is COc1c(Cl)cc(CN2CCOc3ccncc32)cc1[N+](=O)[O-]. The van der Waals surface area contributed by atoms with Crippen molar-refractivity contribution in [3.05, 3.63) is 51.3 Å². The monoisotopic (exact) mass is 335 g/mol. The van der Waals surface area contributed by atoms with Gasteiger partial charge in [0.15, 0.2) is 0 Å². The molecule has 2 aromatic rings. The van der Waals surface area contributed by atoms with Crippen LogP contribution in [0.5, 0.6) is 11.5 Å². The number of rotatable bonds is 4. The molecule has 0 N–H and O–H groups in total. The van der Waals surface area contributed by atoms with Crippen LogP contribution in [0.2, 0.25) is 5.02 Å².